The van der Waals surface area contributed by atoms with Gasteiger partial charge in [-0.05, 0) is 63.0 Å². The zero-order valence-corrected chi connectivity index (χ0v) is 19.1. The number of ether oxygens (including phenoxy) is 2. The third kappa shape index (κ3) is 7.38. The van der Waals surface area contributed by atoms with Crippen molar-refractivity contribution in [3.63, 3.8) is 0 Å². The molecule has 3 rings (SSSR count). The Morgan fingerprint density at radius 2 is 2.07 bits per heavy atom. The fourth-order valence-corrected chi connectivity index (χ4v) is 4.47. The summed E-state index contributed by atoms with van der Waals surface area (Å²) in [6.45, 7) is 8.55. The highest BCUT2D eigenvalue weighted by atomic mass is 32.1. The van der Waals surface area contributed by atoms with Gasteiger partial charge in [-0.1, -0.05) is 32.4 Å². The number of aromatic nitrogens is 1. The van der Waals surface area contributed by atoms with Gasteiger partial charge in [-0.3, -0.25) is 4.79 Å². The molecule has 4 nitrogen and oxygen atoms in total. The summed E-state index contributed by atoms with van der Waals surface area (Å²) in [5, 5.41) is 3.08. The molecule has 3 heterocycles. The molecular weight excluding hydrogens is 382 g/mol. The lowest BCUT2D eigenvalue weighted by molar-refractivity contribution is -0.148. The van der Waals surface area contributed by atoms with Crippen LogP contribution in [0.1, 0.15) is 82.8 Å². The highest BCUT2D eigenvalue weighted by Gasteiger charge is 2.40. The van der Waals surface area contributed by atoms with Crippen molar-refractivity contribution in [2.45, 2.75) is 97.4 Å². The molecule has 0 bridgehead atoms. The van der Waals surface area contributed by atoms with Crippen LogP contribution in [0.15, 0.2) is 23.1 Å². The van der Waals surface area contributed by atoms with E-state index in [4.69, 9.17) is 9.47 Å². The standard InChI is InChI=1S/C24H35NO3S/c1-17(14-19-16-29-18(2)25-19)21-15-22-20(27-22)10-8-6-5-7-9-12-24(3,4)13-11-23(26)28-21/h6,8,14,16,20-22H,5,7,9-13,15H2,1-4H3/b8-6+,17-14+/t20-,21+,22?/m1/s1. The van der Waals surface area contributed by atoms with E-state index in [9.17, 15) is 4.79 Å². The van der Waals surface area contributed by atoms with E-state index in [0.717, 1.165) is 48.4 Å². The van der Waals surface area contributed by atoms with E-state index in [1.165, 1.54) is 12.8 Å². The van der Waals surface area contributed by atoms with Crippen LogP contribution in [0.4, 0.5) is 0 Å². The summed E-state index contributed by atoms with van der Waals surface area (Å²) in [4.78, 5) is 17.2. The Kier molecular flexibility index (Phi) is 7.69. The first-order valence-corrected chi connectivity index (χ1v) is 11.8. The van der Waals surface area contributed by atoms with E-state index in [1.807, 2.05) is 25.3 Å². The summed E-state index contributed by atoms with van der Waals surface area (Å²) in [5.41, 5.74) is 2.14. The Balaban J connectivity index is 1.70. The number of hydrogen-bond donors (Lipinski definition) is 0. The van der Waals surface area contributed by atoms with Crippen LogP contribution in [0.5, 0.6) is 0 Å². The van der Waals surface area contributed by atoms with Gasteiger partial charge in [0.25, 0.3) is 0 Å². The van der Waals surface area contributed by atoms with Crippen molar-refractivity contribution in [3.05, 3.63) is 33.8 Å². The van der Waals surface area contributed by atoms with Crippen LogP contribution in [-0.2, 0) is 14.3 Å². The van der Waals surface area contributed by atoms with Crippen molar-refractivity contribution in [3.8, 4) is 0 Å². The van der Waals surface area contributed by atoms with Gasteiger partial charge in [-0.2, -0.15) is 0 Å². The molecule has 0 aliphatic carbocycles. The number of thiazole rings is 1. The van der Waals surface area contributed by atoms with Gasteiger partial charge in [-0.15, -0.1) is 11.3 Å². The number of allylic oxidation sites excluding steroid dienone is 1. The zero-order valence-electron chi connectivity index (χ0n) is 18.3. The van der Waals surface area contributed by atoms with Gasteiger partial charge in [0.1, 0.15) is 6.10 Å². The lowest BCUT2D eigenvalue weighted by Gasteiger charge is -2.25. The molecule has 0 radical (unpaired) electrons. The molecule has 5 heteroatoms. The Labute approximate surface area is 179 Å². The molecule has 29 heavy (non-hydrogen) atoms. The number of carbonyl (C=O) groups is 1. The average Bonchev–Trinajstić information content (AvgIpc) is 3.27. The van der Waals surface area contributed by atoms with Crippen molar-refractivity contribution < 1.29 is 14.3 Å². The molecule has 0 spiro atoms. The highest BCUT2D eigenvalue weighted by molar-refractivity contribution is 7.09. The SMILES string of the molecule is C/C(=C\c1csc(C)n1)[C@@H]1CC2O[C@@H]2C/C=C/CCCCC(C)(C)CCC(=O)O1. The van der Waals surface area contributed by atoms with Crippen LogP contribution in [-0.4, -0.2) is 29.3 Å². The molecule has 2 aliphatic heterocycles. The molecule has 1 fully saturated rings. The van der Waals surface area contributed by atoms with Crippen LogP contribution in [0.2, 0.25) is 0 Å². The van der Waals surface area contributed by atoms with E-state index in [0.29, 0.717) is 6.42 Å². The Hall–Kier alpha value is -1.46. The summed E-state index contributed by atoms with van der Waals surface area (Å²) in [6, 6.07) is 0. The number of aryl methyl sites for hydroxylation is 1. The number of hydrogen-bond acceptors (Lipinski definition) is 5. The van der Waals surface area contributed by atoms with Gasteiger partial charge in [0.15, 0.2) is 0 Å². The topological polar surface area (TPSA) is 51.7 Å². The number of fused-ring (bicyclic) bond motifs is 1. The minimum Gasteiger partial charge on any atom is -0.458 e. The summed E-state index contributed by atoms with van der Waals surface area (Å²) in [6.07, 6.45) is 14.5. The smallest absolute Gasteiger partial charge is 0.306 e. The van der Waals surface area contributed by atoms with Gasteiger partial charge in [0.2, 0.25) is 0 Å². The van der Waals surface area contributed by atoms with Gasteiger partial charge >= 0.3 is 5.97 Å². The number of rotatable bonds is 2. The molecule has 3 atom stereocenters. The molecule has 160 valence electrons. The third-order valence-electron chi connectivity index (χ3n) is 5.94. The van der Waals surface area contributed by atoms with Gasteiger partial charge in [0.05, 0.1) is 22.9 Å². The van der Waals surface area contributed by atoms with E-state index >= 15 is 0 Å². The van der Waals surface area contributed by atoms with E-state index in [1.54, 1.807) is 11.3 Å². The number of nitrogens with zero attached hydrogens (tertiary/aromatic N) is 1. The van der Waals surface area contributed by atoms with Crippen LogP contribution in [0, 0.1) is 12.3 Å². The average molecular weight is 418 g/mol. The number of carbonyl (C=O) groups excluding carboxylic acids is 1. The molecule has 1 aromatic rings. The van der Waals surface area contributed by atoms with Crippen molar-refractivity contribution in [1.29, 1.82) is 0 Å². The van der Waals surface area contributed by atoms with E-state index in [2.05, 4.69) is 31.0 Å². The molecule has 0 saturated carbocycles. The maximum atomic E-state index is 12.6. The lowest BCUT2D eigenvalue weighted by atomic mass is 9.82. The first-order chi connectivity index (χ1) is 13.8. The quantitative estimate of drug-likeness (QED) is 0.324. The Morgan fingerprint density at radius 3 is 2.83 bits per heavy atom. The first-order valence-electron chi connectivity index (χ1n) is 10.9. The zero-order chi connectivity index (χ0) is 20.9. The van der Waals surface area contributed by atoms with Crippen LogP contribution in [0.3, 0.4) is 0 Å². The van der Waals surface area contributed by atoms with Crippen molar-refractivity contribution in [2.24, 2.45) is 5.41 Å². The molecule has 0 aromatic carbocycles. The van der Waals surface area contributed by atoms with Gasteiger partial charge in [0, 0.05) is 18.2 Å². The van der Waals surface area contributed by atoms with Crippen molar-refractivity contribution in [2.75, 3.05) is 0 Å². The molecule has 0 amide bonds. The van der Waals surface area contributed by atoms with Crippen molar-refractivity contribution >= 4 is 23.4 Å². The third-order valence-corrected chi connectivity index (χ3v) is 6.73. The Morgan fingerprint density at radius 1 is 1.24 bits per heavy atom. The monoisotopic (exact) mass is 417 g/mol. The molecule has 0 N–H and O–H groups in total. The first kappa shape index (κ1) is 22.2. The summed E-state index contributed by atoms with van der Waals surface area (Å²) in [7, 11) is 0. The summed E-state index contributed by atoms with van der Waals surface area (Å²) in [5.74, 6) is -0.102. The second-order valence-corrected chi connectivity index (χ2v) is 10.3. The summed E-state index contributed by atoms with van der Waals surface area (Å²) >= 11 is 1.63. The van der Waals surface area contributed by atoms with Crippen LogP contribution < -0.4 is 0 Å². The molecular formula is C24H35NO3S. The highest BCUT2D eigenvalue weighted by Crippen LogP contribution is 2.34. The van der Waals surface area contributed by atoms with E-state index in [-0.39, 0.29) is 29.7 Å². The predicted octanol–water partition coefficient (Wildman–Crippen LogP) is 6.25. The minimum absolute atomic E-state index is 0.102. The fraction of sp³-hybridized carbons (Fsp3) is 0.667. The minimum atomic E-state index is -0.250. The molecule has 1 aromatic heterocycles. The second-order valence-electron chi connectivity index (χ2n) is 9.22. The number of cyclic esters (lactones) is 1. The second kappa shape index (κ2) is 10.0. The largest absolute Gasteiger partial charge is 0.458 e. The van der Waals surface area contributed by atoms with E-state index < -0.39 is 0 Å². The Bertz CT molecular complexity index is 749. The van der Waals surface area contributed by atoms with Gasteiger partial charge < -0.3 is 9.47 Å². The molecule has 1 unspecified atom stereocenters. The fourth-order valence-electron chi connectivity index (χ4n) is 3.90. The van der Waals surface area contributed by atoms with Crippen LogP contribution in [0.25, 0.3) is 6.08 Å². The number of epoxide rings is 1. The lowest BCUT2D eigenvalue weighted by Crippen LogP contribution is -2.23. The predicted molar refractivity (Wildman–Crippen MR) is 119 cm³/mol. The maximum Gasteiger partial charge on any atom is 0.306 e. The number of esters is 1. The van der Waals surface area contributed by atoms with Gasteiger partial charge in [-0.25, -0.2) is 4.98 Å². The van der Waals surface area contributed by atoms with Crippen molar-refractivity contribution in [1.82, 2.24) is 4.98 Å². The van der Waals surface area contributed by atoms with Crippen LogP contribution >= 0.6 is 11.3 Å². The molecule has 2 aliphatic rings. The maximum absolute atomic E-state index is 12.6. The molecule has 1 saturated heterocycles. The summed E-state index contributed by atoms with van der Waals surface area (Å²) < 4.78 is 11.8. The normalized spacial score (nSPS) is 30.3.